The van der Waals surface area contributed by atoms with Crippen LogP contribution in [0.3, 0.4) is 0 Å². The van der Waals surface area contributed by atoms with E-state index >= 15 is 0 Å². The second-order valence-corrected chi connectivity index (χ2v) is 6.43. The molecule has 0 radical (unpaired) electrons. The van der Waals surface area contributed by atoms with Gasteiger partial charge >= 0.3 is 0 Å². The van der Waals surface area contributed by atoms with Crippen LogP contribution in [0.1, 0.15) is 31.4 Å². The summed E-state index contributed by atoms with van der Waals surface area (Å²) in [5.41, 5.74) is 5.36. The molecule has 1 aliphatic rings. The summed E-state index contributed by atoms with van der Waals surface area (Å²) in [7, 11) is 0. The number of nitrogens with two attached hydrogens (primary N) is 1. The van der Waals surface area contributed by atoms with Crippen molar-refractivity contribution < 1.29 is 8.78 Å². The summed E-state index contributed by atoms with van der Waals surface area (Å²) < 4.78 is 28.4. The molecule has 1 aromatic rings. The van der Waals surface area contributed by atoms with Crippen molar-refractivity contribution in [3.05, 3.63) is 35.1 Å². The predicted molar refractivity (Wildman–Crippen MR) is 73.2 cm³/mol. The standard InChI is InChI=1S/C15H22F2N2/c1-11-6-12(8-13(16)7-11)15(17)4-5-19(10-15)9-14(2,3)18/h6-8H,4-5,9-10,18H2,1-3H3. The van der Waals surface area contributed by atoms with Gasteiger partial charge < -0.3 is 5.73 Å². The molecule has 0 amide bonds. The molecule has 1 atom stereocenters. The quantitative estimate of drug-likeness (QED) is 0.913. The first kappa shape index (κ1) is 14.4. The molecule has 0 bridgehead atoms. The van der Waals surface area contributed by atoms with Gasteiger partial charge in [0.2, 0.25) is 0 Å². The van der Waals surface area contributed by atoms with Gasteiger partial charge in [0.25, 0.3) is 0 Å². The predicted octanol–water partition coefficient (Wildman–Crippen LogP) is 2.74. The zero-order valence-electron chi connectivity index (χ0n) is 11.8. The second kappa shape index (κ2) is 4.84. The third-order valence-corrected chi connectivity index (χ3v) is 3.49. The van der Waals surface area contributed by atoms with Crippen LogP contribution >= 0.6 is 0 Å². The lowest BCUT2D eigenvalue weighted by molar-refractivity contribution is 0.158. The Bertz CT molecular complexity index is 447. The molecule has 0 saturated carbocycles. The molecule has 1 aliphatic heterocycles. The Balaban J connectivity index is 2.16. The molecule has 19 heavy (non-hydrogen) atoms. The van der Waals surface area contributed by atoms with E-state index in [4.69, 9.17) is 5.73 Å². The van der Waals surface area contributed by atoms with Gasteiger partial charge in [0.05, 0.1) is 0 Å². The van der Waals surface area contributed by atoms with Crippen LogP contribution in [0.2, 0.25) is 0 Å². The number of nitrogens with zero attached hydrogens (tertiary/aromatic N) is 1. The van der Waals surface area contributed by atoms with Gasteiger partial charge in [-0.3, -0.25) is 4.90 Å². The third kappa shape index (κ3) is 3.51. The van der Waals surface area contributed by atoms with Crippen molar-refractivity contribution in [3.8, 4) is 0 Å². The fraction of sp³-hybridized carbons (Fsp3) is 0.600. The van der Waals surface area contributed by atoms with E-state index in [1.807, 2.05) is 18.7 Å². The number of likely N-dealkylation sites (tertiary alicyclic amines) is 1. The highest BCUT2D eigenvalue weighted by molar-refractivity contribution is 5.30. The van der Waals surface area contributed by atoms with Crippen molar-refractivity contribution in [1.29, 1.82) is 0 Å². The van der Waals surface area contributed by atoms with Crippen molar-refractivity contribution in [2.45, 2.75) is 38.4 Å². The zero-order valence-corrected chi connectivity index (χ0v) is 11.8. The first-order chi connectivity index (χ1) is 8.68. The Hall–Kier alpha value is -1.00. The van der Waals surface area contributed by atoms with Crippen LogP contribution in [0.5, 0.6) is 0 Å². The number of halogens is 2. The van der Waals surface area contributed by atoms with E-state index in [9.17, 15) is 8.78 Å². The van der Waals surface area contributed by atoms with E-state index in [1.54, 1.807) is 13.0 Å². The van der Waals surface area contributed by atoms with Gasteiger partial charge in [-0.2, -0.15) is 0 Å². The van der Waals surface area contributed by atoms with E-state index in [0.717, 1.165) is 5.56 Å². The van der Waals surface area contributed by atoms with Gasteiger partial charge in [0.1, 0.15) is 11.5 Å². The number of alkyl halides is 1. The second-order valence-electron chi connectivity index (χ2n) is 6.43. The van der Waals surface area contributed by atoms with Gasteiger partial charge in [0, 0.05) is 25.2 Å². The van der Waals surface area contributed by atoms with Crippen LogP contribution in [0.15, 0.2) is 18.2 Å². The lowest BCUT2D eigenvalue weighted by Crippen LogP contribution is -2.45. The van der Waals surface area contributed by atoms with E-state index in [1.165, 1.54) is 12.1 Å². The Kier molecular flexibility index (Phi) is 3.67. The normalized spacial score (nSPS) is 24.9. The van der Waals surface area contributed by atoms with Crippen molar-refractivity contribution in [1.82, 2.24) is 4.90 Å². The minimum Gasteiger partial charge on any atom is -0.324 e. The lowest BCUT2D eigenvalue weighted by atomic mass is 9.93. The summed E-state index contributed by atoms with van der Waals surface area (Å²) >= 11 is 0. The topological polar surface area (TPSA) is 29.3 Å². The zero-order chi connectivity index (χ0) is 14.3. The third-order valence-electron chi connectivity index (χ3n) is 3.49. The van der Waals surface area contributed by atoms with E-state index in [-0.39, 0.29) is 17.9 Å². The summed E-state index contributed by atoms with van der Waals surface area (Å²) in [6, 6.07) is 4.47. The van der Waals surface area contributed by atoms with Gasteiger partial charge in [-0.1, -0.05) is 6.07 Å². The summed E-state index contributed by atoms with van der Waals surface area (Å²) in [4.78, 5) is 2.01. The summed E-state index contributed by atoms with van der Waals surface area (Å²) in [5, 5.41) is 0. The molecule has 1 aromatic carbocycles. The monoisotopic (exact) mass is 268 g/mol. The highest BCUT2D eigenvalue weighted by atomic mass is 19.1. The van der Waals surface area contributed by atoms with Crippen LogP contribution in [0.25, 0.3) is 0 Å². The van der Waals surface area contributed by atoms with Crippen molar-refractivity contribution in [3.63, 3.8) is 0 Å². The largest absolute Gasteiger partial charge is 0.324 e. The molecule has 1 heterocycles. The highest BCUT2D eigenvalue weighted by Gasteiger charge is 2.41. The van der Waals surface area contributed by atoms with E-state index < -0.39 is 5.67 Å². The van der Waals surface area contributed by atoms with Crippen molar-refractivity contribution in [2.24, 2.45) is 5.73 Å². The minimum absolute atomic E-state index is 0.288. The van der Waals surface area contributed by atoms with Gasteiger partial charge in [0.15, 0.2) is 0 Å². The Morgan fingerprint density at radius 1 is 1.37 bits per heavy atom. The maximum absolute atomic E-state index is 15.0. The SMILES string of the molecule is Cc1cc(F)cc(C2(F)CCN(CC(C)(C)N)C2)c1. The van der Waals surface area contributed by atoms with Gasteiger partial charge in [-0.05, 0) is 50.5 Å². The first-order valence-corrected chi connectivity index (χ1v) is 6.66. The van der Waals surface area contributed by atoms with Crippen molar-refractivity contribution in [2.75, 3.05) is 19.6 Å². The van der Waals surface area contributed by atoms with Gasteiger partial charge in [-0.25, -0.2) is 8.78 Å². The maximum Gasteiger partial charge on any atom is 0.149 e. The molecular weight excluding hydrogens is 246 g/mol. The molecule has 1 saturated heterocycles. The van der Waals surface area contributed by atoms with Crippen LogP contribution in [0, 0.1) is 12.7 Å². The smallest absolute Gasteiger partial charge is 0.149 e. The number of rotatable bonds is 3. The molecular formula is C15H22F2N2. The molecule has 2 N–H and O–H groups in total. The van der Waals surface area contributed by atoms with Crippen LogP contribution in [-0.4, -0.2) is 30.1 Å². The number of hydrogen-bond acceptors (Lipinski definition) is 2. The number of hydrogen-bond donors (Lipinski definition) is 1. The molecule has 106 valence electrons. The molecule has 0 aliphatic carbocycles. The Labute approximate surface area is 113 Å². The maximum atomic E-state index is 15.0. The molecule has 1 fully saturated rings. The van der Waals surface area contributed by atoms with Crippen LogP contribution in [0.4, 0.5) is 8.78 Å². The first-order valence-electron chi connectivity index (χ1n) is 6.66. The van der Waals surface area contributed by atoms with E-state index in [0.29, 0.717) is 25.1 Å². The fourth-order valence-corrected chi connectivity index (χ4v) is 2.79. The van der Waals surface area contributed by atoms with Crippen LogP contribution < -0.4 is 5.73 Å². The average molecular weight is 268 g/mol. The number of aryl methyl sites for hydroxylation is 1. The highest BCUT2D eigenvalue weighted by Crippen LogP contribution is 2.37. The summed E-state index contributed by atoms with van der Waals surface area (Å²) in [6.07, 6.45) is 0.395. The lowest BCUT2D eigenvalue weighted by Gasteiger charge is -2.27. The molecule has 0 spiro atoms. The van der Waals surface area contributed by atoms with Crippen molar-refractivity contribution >= 4 is 0 Å². The molecule has 2 rings (SSSR count). The Morgan fingerprint density at radius 2 is 2.05 bits per heavy atom. The molecule has 1 unspecified atom stereocenters. The van der Waals surface area contributed by atoms with Crippen LogP contribution in [-0.2, 0) is 5.67 Å². The summed E-state index contributed by atoms with van der Waals surface area (Å²) in [6.45, 7) is 7.23. The van der Waals surface area contributed by atoms with E-state index in [2.05, 4.69) is 0 Å². The summed E-state index contributed by atoms with van der Waals surface area (Å²) in [5.74, 6) is -0.371. The molecule has 0 aromatic heterocycles. The Morgan fingerprint density at radius 3 is 2.63 bits per heavy atom. The molecule has 4 heteroatoms. The number of benzene rings is 1. The molecule has 2 nitrogen and oxygen atoms in total. The minimum atomic E-state index is -1.46. The van der Waals surface area contributed by atoms with Gasteiger partial charge in [-0.15, -0.1) is 0 Å². The average Bonchev–Trinajstić information content (AvgIpc) is 2.57. The fourth-order valence-electron chi connectivity index (χ4n) is 2.79.